The zero-order valence-corrected chi connectivity index (χ0v) is 16.9. The van der Waals surface area contributed by atoms with Gasteiger partial charge in [-0.15, -0.1) is 0 Å². The number of nitrogens with zero attached hydrogens (tertiary/aromatic N) is 2. The first-order chi connectivity index (χ1) is 13.7. The largest absolute Gasteiger partial charge is 0.343 e. The van der Waals surface area contributed by atoms with E-state index in [0.29, 0.717) is 5.69 Å². The second-order valence-electron chi connectivity index (χ2n) is 8.07. The zero-order chi connectivity index (χ0) is 21.2. The highest BCUT2D eigenvalue weighted by Gasteiger charge is 2.29. The topological polar surface area (TPSA) is 64.0 Å². The molecule has 0 fully saturated rings. The molecule has 3 rings (SSSR count). The normalized spacial score (nSPS) is 12.4. The fourth-order valence-corrected chi connectivity index (χ4v) is 3.18. The number of benzene rings is 2. The molecule has 1 heterocycles. The zero-order valence-electron chi connectivity index (χ0n) is 16.9. The third kappa shape index (κ3) is 4.59. The molecule has 150 valence electrons. The Morgan fingerprint density at radius 3 is 2.31 bits per heavy atom. The van der Waals surface area contributed by atoms with Crippen molar-refractivity contribution in [2.45, 2.75) is 33.7 Å². The van der Waals surface area contributed by atoms with Crippen molar-refractivity contribution in [3.05, 3.63) is 93.7 Å². The van der Waals surface area contributed by atoms with E-state index >= 15 is 0 Å². The van der Waals surface area contributed by atoms with Crippen LogP contribution in [0, 0.1) is 18.2 Å². The molecule has 3 aromatic rings. The van der Waals surface area contributed by atoms with Crippen LogP contribution in [0.1, 0.15) is 48.4 Å². The van der Waals surface area contributed by atoms with Crippen molar-refractivity contribution in [2.24, 2.45) is 5.41 Å². The van der Waals surface area contributed by atoms with E-state index in [-0.39, 0.29) is 23.1 Å². The van der Waals surface area contributed by atoms with Crippen molar-refractivity contribution >= 4 is 5.91 Å². The molecule has 0 saturated carbocycles. The van der Waals surface area contributed by atoms with Crippen molar-refractivity contribution in [2.75, 3.05) is 0 Å². The van der Waals surface area contributed by atoms with Crippen molar-refractivity contribution in [3.63, 3.8) is 0 Å². The van der Waals surface area contributed by atoms with Crippen LogP contribution in [-0.4, -0.2) is 15.7 Å². The summed E-state index contributed by atoms with van der Waals surface area (Å²) in [7, 11) is 0. The summed E-state index contributed by atoms with van der Waals surface area (Å²) in [6.07, 6.45) is 0. The summed E-state index contributed by atoms with van der Waals surface area (Å²) in [6, 6.07) is 15.7. The molecule has 2 aromatic carbocycles. The van der Waals surface area contributed by atoms with Gasteiger partial charge in [0.1, 0.15) is 11.5 Å². The lowest BCUT2D eigenvalue weighted by atomic mass is 9.81. The minimum Gasteiger partial charge on any atom is -0.343 e. The molecule has 1 aromatic heterocycles. The van der Waals surface area contributed by atoms with Crippen molar-refractivity contribution in [3.8, 4) is 5.69 Å². The van der Waals surface area contributed by atoms with Crippen LogP contribution in [0.3, 0.4) is 0 Å². The molecule has 0 radical (unpaired) electrons. The number of rotatable bonds is 4. The van der Waals surface area contributed by atoms with Gasteiger partial charge in [0.25, 0.3) is 11.5 Å². The van der Waals surface area contributed by atoms with Gasteiger partial charge in [-0.3, -0.25) is 9.59 Å². The molecule has 0 spiro atoms. The fourth-order valence-electron chi connectivity index (χ4n) is 3.18. The van der Waals surface area contributed by atoms with E-state index in [9.17, 15) is 14.0 Å². The van der Waals surface area contributed by atoms with Crippen LogP contribution >= 0.6 is 0 Å². The quantitative estimate of drug-likeness (QED) is 0.723. The standard InChI is InChI=1S/C23H24FN3O2/c1-15-7-5-6-8-18(15)21(23(2,3)4)25-22(29)19-13-14-20(28)27(26-19)17-11-9-16(24)10-12-17/h5-14,21H,1-4H3,(H,25,29). The molecular formula is C23H24FN3O2. The molecule has 6 heteroatoms. The van der Waals surface area contributed by atoms with Crippen molar-refractivity contribution in [1.29, 1.82) is 0 Å². The molecule has 0 aliphatic carbocycles. The Bertz CT molecular complexity index is 1080. The molecule has 1 atom stereocenters. The summed E-state index contributed by atoms with van der Waals surface area (Å²) >= 11 is 0. The monoisotopic (exact) mass is 393 g/mol. The highest BCUT2D eigenvalue weighted by atomic mass is 19.1. The van der Waals surface area contributed by atoms with Crippen LogP contribution in [0.15, 0.2) is 65.5 Å². The van der Waals surface area contributed by atoms with Crippen LogP contribution in [0.25, 0.3) is 5.69 Å². The van der Waals surface area contributed by atoms with Crippen LogP contribution in [-0.2, 0) is 0 Å². The Morgan fingerprint density at radius 2 is 1.69 bits per heavy atom. The van der Waals surface area contributed by atoms with Crippen molar-refractivity contribution < 1.29 is 9.18 Å². The van der Waals surface area contributed by atoms with Crippen LogP contribution in [0.4, 0.5) is 4.39 Å². The van der Waals surface area contributed by atoms with Gasteiger partial charge in [-0.05, 0) is 53.8 Å². The van der Waals surface area contributed by atoms with E-state index in [2.05, 4.69) is 31.2 Å². The maximum absolute atomic E-state index is 13.2. The molecule has 29 heavy (non-hydrogen) atoms. The van der Waals surface area contributed by atoms with Gasteiger partial charge in [-0.2, -0.15) is 9.78 Å². The van der Waals surface area contributed by atoms with Gasteiger partial charge < -0.3 is 5.32 Å². The summed E-state index contributed by atoms with van der Waals surface area (Å²) in [5.74, 6) is -0.800. The maximum atomic E-state index is 13.2. The Morgan fingerprint density at radius 1 is 1.03 bits per heavy atom. The average Bonchev–Trinajstić information content (AvgIpc) is 2.67. The lowest BCUT2D eigenvalue weighted by Gasteiger charge is -2.33. The van der Waals surface area contributed by atoms with Gasteiger partial charge >= 0.3 is 0 Å². The Labute approximate surface area is 169 Å². The highest BCUT2D eigenvalue weighted by molar-refractivity contribution is 5.92. The number of aromatic nitrogens is 2. The lowest BCUT2D eigenvalue weighted by Crippen LogP contribution is -2.38. The lowest BCUT2D eigenvalue weighted by molar-refractivity contribution is 0.0894. The molecule has 5 nitrogen and oxygen atoms in total. The van der Waals surface area contributed by atoms with E-state index in [0.717, 1.165) is 15.8 Å². The number of nitrogens with one attached hydrogen (secondary N) is 1. The third-order valence-electron chi connectivity index (χ3n) is 4.75. The summed E-state index contributed by atoms with van der Waals surface area (Å²) in [4.78, 5) is 25.2. The van der Waals surface area contributed by atoms with E-state index in [1.165, 1.54) is 36.4 Å². The summed E-state index contributed by atoms with van der Waals surface area (Å²) in [5.41, 5.74) is 1.96. The molecule has 1 unspecified atom stereocenters. The van der Waals surface area contributed by atoms with Gasteiger partial charge in [0.2, 0.25) is 0 Å². The minimum absolute atomic E-state index is 0.108. The number of hydrogen-bond acceptors (Lipinski definition) is 3. The molecule has 1 amide bonds. The van der Waals surface area contributed by atoms with Gasteiger partial charge in [0, 0.05) is 6.07 Å². The highest BCUT2D eigenvalue weighted by Crippen LogP contribution is 2.34. The van der Waals surface area contributed by atoms with Gasteiger partial charge in [0.15, 0.2) is 0 Å². The van der Waals surface area contributed by atoms with E-state index in [1.54, 1.807) is 0 Å². The molecule has 1 N–H and O–H groups in total. The first-order valence-electron chi connectivity index (χ1n) is 9.39. The van der Waals surface area contributed by atoms with Crippen LogP contribution in [0.2, 0.25) is 0 Å². The van der Waals surface area contributed by atoms with Crippen LogP contribution < -0.4 is 10.9 Å². The number of carbonyl (C=O) groups is 1. The second-order valence-corrected chi connectivity index (χ2v) is 8.07. The summed E-state index contributed by atoms with van der Waals surface area (Å²) in [5, 5.41) is 7.25. The Balaban J connectivity index is 1.95. The fraction of sp³-hybridized carbons (Fsp3) is 0.261. The smallest absolute Gasteiger partial charge is 0.272 e. The predicted octanol–water partition coefficient (Wildman–Crippen LogP) is 4.20. The first kappa shape index (κ1) is 20.5. The number of halogens is 1. The Hall–Kier alpha value is -3.28. The van der Waals surface area contributed by atoms with Crippen LogP contribution in [0.5, 0.6) is 0 Å². The first-order valence-corrected chi connectivity index (χ1v) is 9.39. The van der Waals surface area contributed by atoms with E-state index in [4.69, 9.17) is 0 Å². The number of hydrogen-bond donors (Lipinski definition) is 1. The summed E-state index contributed by atoms with van der Waals surface area (Å²) < 4.78 is 14.3. The third-order valence-corrected chi connectivity index (χ3v) is 4.75. The molecule has 0 bridgehead atoms. The predicted molar refractivity (Wildman–Crippen MR) is 111 cm³/mol. The van der Waals surface area contributed by atoms with Gasteiger partial charge in [-0.1, -0.05) is 45.0 Å². The molecule has 0 saturated heterocycles. The van der Waals surface area contributed by atoms with E-state index < -0.39 is 11.4 Å². The van der Waals surface area contributed by atoms with Crippen molar-refractivity contribution in [1.82, 2.24) is 15.1 Å². The number of aryl methyl sites for hydroxylation is 1. The Kier molecular flexibility index (Phi) is 5.64. The molecule has 0 aliphatic heterocycles. The summed E-state index contributed by atoms with van der Waals surface area (Å²) in [6.45, 7) is 8.17. The molecular weight excluding hydrogens is 369 g/mol. The van der Waals surface area contributed by atoms with Gasteiger partial charge in [0.05, 0.1) is 11.7 Å². The minimum atomic E-state index is -0.415. The molecule has 0 aliphatic rings. The maximum Gasteiger partial charge on any atom is 0.272 e. The van der Waals surface area contributed by atoms with E-state index in [1.807, 2.05) is 31.2 Å². The number of carbonyl (C=O) groups excluding carboxylic acids is 1. The number of amides is 1. The van der Waals surface area contributed by atoms with Gasteiger partial charge in [-0.25, -0.2) is 4.39 Å². The average molecular weight is 393 g/mol. The SMILES string of the molecule is Cc1ccccc1C(NC(=O)c1ccc(=O)n(-c2ccc(F)cc2)n1)C(C)(C)C. The second kappa shape index (κ2) is 7.99.